The van der Waals surface area contributed by atoms with Crippen molar-refractivity contribution in [2.75, 3.05) is 0 Å². The van der Waals surface area contributed by atoms with Crippen LogP contribution in [0.1, 0.15) is 11.1 Å². The lowest BCUT2D eigenvalue weighted by Gasteiger charge is -2.10. The molecule has 126 valence electrons. The molecule has 3 rings (SSSR count). The summed E-state index contributed by atoms with van der Waals surface area (Å²) in [4.78, 5) is 4.29. The van der Waals surface area contributed by atoms with Crippen LogP contribution in [0.5, 0.6) is 0 Å². The van der Waals surface area contributed by atoms with Crippen molar-refractivity contribution in [3.63, 3.8) is 0 Å². The molecule has 0 amide bonds. The molecular formula is C17H15N5O2S. The molecular weight excluding hydrogens is 338 g/mol. The van der Waals surface area contributed by atoms with Gasteiger partial charge < -0.3 is 0 Å². The zero-order chi connectivity index (χ0) is 17.9. The zero-order valence-corrected chi connectivity index (χ0v) is 14.2. The van der Waals surface area contributed by atoms with Gasteiger partial charge in [-0.2, -0.15) is 10.4 Å². The predicted octanol–water partition coefficient (Wildman–Crippen LogP) is 1.83. The van der Waals surface area contributed by atoms with E-state index in [4.69, 9.17) is 5.26 Å². The van der Waals surface area contributed by atoms with Crippen LogP contribution in [-0.4, -0.2) is 23.2 Å². The highest BCUT2D eigenvalue weighted by Crippen LogP contribution is 2.21. The number of sulfonamides is 1. The molecule has 3 aromatic rings. The quantitative estimate of drug-likeness (QED) is 0.754. The predicted molar refractivity (Wildman–Crippen MR) is 91.6 cm³/mol. The largest absolute Gasteiger partial charge is 0.275 e. The van der Waals surface area contributed by atoms with Gasteiger partial charge in [0.15, 0.2) is 0 Å². The fourth-order valence-corrected chi connectivity index (χ4v) is 3.59. The van der Waals surface area contributed by atoms with Gasteiger partial charge in [0.1, 0.15) is 6.07 Å². The summed E-state index contributed by atoms with van der Waals surface area (Å²) in [6.45, 7) is 0.0557. The number of hydrogen-bond acceptors (Lipinski definition) is 5. The Labute approximate surface area is 145 Å². The minimum atomic E-state index is -3.82. The van der Waals surface area contributed by atoms with Gasteiger partial charge in [-0.1, -0.05) is 18.2 Å². The van der Waals surface area contributed by atoms with E-state index in [0.29, 0.717) is 11.3 Å². The summed E-state index contributed by atoms with van der Waals surface area (Å²) in [5.74, 6) is 0. The van der Waals surface area contributed by atoms with E-state index in [2.05, 4.69) is 14.8 Å². The van der Waals surface area contributed by atoms with Crippen LogP contribution in [0.2, 0.25) is 0 Å². The average molecular weight is 353 g/mol. The SMILES string of the molecule is Cn1cc(-c2ncccc2CNS(=O)(=O)c2ccccc2C#N)cn1. The molecule has 0 spiro atoms. The number of rotatable bonds is 5. The highest BCUT2D eigenvalue weighted by molar-refractivity contribution is 7.89. The van der Waals surface area contributed by atoms with Crippen molar-refractivity contribution in [1.82, 2.24) is 19.5 Å². The summed E-state index contributed by atoms with van der Waals surface area (Å²) in [5.41, 5.74) is 2.28. The summed E-state index contributed by atoms with van der Waals surface area (Å²) in [7, 11) is -2.02. The van der Waals surface area contributed by atoms with Crippen LogP contribution >= 0.6 is 0 Å². The maximum atomic E-state index is 12.5. The Morgan fingerprint density at radius 2 is 2.04 bits per heavy atom. The topological polar surface area (TPSA) is 101 Å². The first kappa shape index (κ1) is 16.8. The van der Waals surface area contributed by atoms with E-state index in [1.165, 1.54) is 12.1 Å². The van der Waals surface area contributed by atoms with Gasteiger partial charge in [-0.05, 0) is 23.8 Å². The van der Waals surface area contributed by atoms with Crippen molar-refractivity contribution >= 4 is 10.0 Å². The monoisotopic (exact) mass is 353 g/mol. The third-order valence-electron chi connectivity index (χ3n) is 3.62. The molecule has 8 heteroatoms. The number of benzene rings is 1. The Morgan fingerprint density at radius 3 is 2.76 bits per heavy atom. The van der Waals surface area contributed by atoms with Crippen molar-refractivity contribution in [3.05, 3.63) is 66.1 Å². The Kier molecular flexibility index (Phi) is 4.61. The van der Waals surface area contributed by atoms with E-state index in [1.54, 1.807) is 48.4 Å². The van der Waals surface area contributed by atoms with Gasteiger partial charge >= 0.3 is 0 Å². The average Bonchev–Trinajstić information content (AvgIpc) is 3.06. The van der Waals surface area contributed by atoms with Crippen LogP contribution in [0.3, 0.4) is 0 Å². The molecule has 0 atom stereocenters. The fraction of sp³-hybridized carbons (Fsp3) is 0.118. The molecule has 2 aromatic heterocycles. The van der Waals surface area contributed by atoms with Gasteiger partial charge in [-0.3, -0.25) is 9.67 Å². The van der Waals surface area contributed by atoms with Gasteiger partial charge in [0.25, 0.3) is 0 Å². The van der Waals surface area contributed by atoms with Crippen molar-refractivity contribution in [3.8, 4) is 17.3 Å². The second-order valence-corrected chi connectivity index (χ2v) is 7.08. The van der Waals surface area contributed by atoms with Crippen LogP contribution in [0.15, 0.2) is 59.9 Å². The summed E-state index contributed by atoms with van der Waals surface area (Å²) in [6.07, 6.45) is 5.13. The molecule has 0 saturated carbocycles. The smallest absolute Gasteiger partial charge is 0.242 e. The molecule has 0 aliphatic heterocycles. The first-order chi connectivity index (χ1) is 12.0. The number of aryl methyl sites for hydroxylation is 1. The Balaban J connectivity index is 1.89. The number of nitrogens with one attached hydrogen (secondary N) is 1. The first-order valence-corrected chi connectivity index (χ1v) is 8.91. The molecule has 7 nitrogen and oxygen atoms in total. The van der Waals surface area contributed by atoms with Gasteiger partial charge in [0.05, 0.1) is 22.3 Å². The summed E-state index contributed by atoms with van der Waals surface area (Å²) >= 11 is 0. The Morgan fingerprint density at radius 1 is 1.24 bits per heavy atom. The summed E-state index contributed by atoms with van der Waals surface area (Å²) < 4.78 is 29.3. The lowest BCUT2D eigenvalue weighted by Crippen LogP contribution is -2.24. The normalized spacial score (nSPS) is 11.2. The Hall–Kier alpha value is -3.02. The fourth-order valence-electron chi connectivity index (χ4n) is 2.43. The molecule has 1 aromatic carbocycles. The molecule has 2 heterocycles. The van der Waals surface area contributed by atoms with Crippen LogP contribution in [0.25, 0.3) is 11.3 Å². The van der Waals surface area contributed by atoms with Gasteiger partial charge in [-0.25, -0.2) is 13.1 Å². The molecule has 0 unspecified atom stereocenters. The van der Waals surface area contributed by atoms with E-state index in [9.17, 15) is 8.42 Å². The molecule has 0 fully saturated rings. The van der Waals surface area contributed by atoms with E-state index in [1.807, 2.05) is 12.3 Å². The van der Waals surface area contributed by atoms with Crippen molar-refractivity contribution in [2.24, 2.45) is 7.05 Å². The first-order valence-electron chi connectivity index (χ1n) is 7.43. The van der Waals surface area contributed by atoms with Crippen LogP contribution < -0.4 is 4.72 Å². The highest BCUT2D eigenvalue weighted by atomic mass is 32.2. The van der Waals surface area contributed by atoms with E-state index in [-0.39, 0.29) is 17.0 Å². The standard InChI is InChI=1S/C17H15N5O2S/c1-22-12-15(10-20-22)17-14(6-4-8-19-17)11-21-25(23,24)16-7-3-2-5-13(16)9-18/h2-8,10,12,21H,11H2,1H3. The third kappa shape index (κ3) is 3.57. The minimum Gasteiger partial charge on any atom is -0.275 e. The number of nitriles is 1. The van der Waals surface area contributed by atoms with Gasteiger partial charge in [-0.15, -0.1) is 0 Å². The Bertz CT molecular complexity index is 1050. The summed E-state index contributed by atoms with van der Waals surface area (Å²) in [6, 6.07) is 11.5. The van der Waals surface area contributed by atoms with Crippen LogP contribution in [-0.2, 0) is 23.6 Å². The van der Waals surface area contributed by atoms with Crippen molar-refractivity contribution in [2.45, 2.75) is 11.4 Å². The molecule has 0 aliphatic rings. The second-order valence-electron chi connectivity index (χ2n) is 5.35. The minimum absolute atomic E-state index is 0.0377. The lowest BCUT2D eigenvalue weighted by atomic mass is 10.1. The maximum Gasteiger partial charge on any atom is 0.242 e. The van der Waals surface area contributed by atoms with Crippen LogP contribution in [0.4, 0.5) is 0 Å². The number of pyridine rings is 1. The molecule has 0 saturated heterocycles. The van der Waals surface area contributed by atoms with Gasteiger partial charge in [0, 0.05) is 31.5 Å². The number of hydrogen-bond donors (Lipinski definition) is 1. The number of aromatic nitrogens is 3. The van der Waals surface area contributed by atoms with E-state index >= 15 is 0 Å². The number of nitrogens with zero attached hydrogens (tertiary/aromatic N) is 4. The van der Waals surface area contributed by atoms with Crippen molar-refractivity contribution < 1.29 is 8.42 Å². The molecule has 1 N–H and O–H groups in total. The second kappa shape index (κ2) is 6.84. The van der Waals surface area contributed by atoms with E-state index in [0.717, 1.165) is 5.56 Å². The maximum absolute atomic E-state index is 12.5. The van der Waals surface area contributed by atoms with Crippen LogP contribution in [0, 0.1) is 11.3 Å². The molecule has 0 aliphatic carbocycles. The third-order valence-corrected chi connectivity index (χ3v) is 5.08. The van der Waals surface area contributed by atoms with Gasteiger partial charge in [0.2, 0.25) is 10.0 Å². The molecule has 0 bridgehead atoms. The zero-order valence-electron chi connectivity index (χ0n) is 13.4. The summed E-state index contributed by atoms with van der Waals surface area (Å²) in [5, 5.41) is 13.2. The van der Waals surface area contributed by atoms with Crippen molar-refractivity contribution in [1.29, 1.82) is 5.26 Å². The highest BCUT2D eigenvalue weighted by Gasteiger charge is 2.19. The lowest BCUT2D eigenvalue weighted by molar-refractivity contribution is 0.581. The molecule has 0 radical (unpaired) electrons. The molecule has 25 heavy (non-hydrogen) atoms. The van der Waals surface area contributed by atoms with E-state index < -0.39 is 10.0 Å².